The van der Waals surface area contributed by atoms with Gasteiger partial charge in [-0.3, -0.25) is 0 Å². The topological polar surface area (TPSA) is 0 Å². The monoisotopic (exact) mass is 282 g/mol. The fourth-order valence-electron chi connectivity index (χ4n) is 4.55. The Labute approximate surface area is 123 Å². The summed E-state index contributed by atoms with van der Waals surface area (Å²) < 4.78 is 0. The molecule has 2 aliphatic rings. The lowest BCUT2D eigenvalue weighted by Gasteiger charge is -2.38. The van der Waals surface area contributed by atoms with E-state index in [-0.39, 0.29) is 0 Å². The van der Waals surface area contributed by atoms with Gasteiger partial charge in [-0.1, -0.05) is 46.0 Å². The zero-order chi connectivity index (χ0) is 13.7. The van der Waals surface area contributed by atoms with Gasteiger partial charge in [0.25, 0.3) is 0 Å². The van der Waals surface area contributed by atoms with Crippen LogP contribution in [0, 0.1) is 29.6 Å². The van der Waals surface area contributed by atoms with Gasteiger partial charge in [-0.05, 0) is 67.9 Å². The molecule has 0 aromatic heterocycles. The van der Waals surface area contributed by atoms with Crippen molar-refractivity contribution in [3.8, 4) is 0 Å². The first-order chi connectivity index (χ1) is 9.22. The summed E-state index contributed by atoms with van der Waals surface area (Å²) in [6.45, 7) is 4.81. The van der Waals surface area contributed by atoms with E-state index in [1.54, 1.807) is 25.7 Å². The van der Waals surface area contributed by atoms with Gasteiger partial charge in [0.2, 0.25) is 0 Å². The molecule has 0 saturated heterocycles. The molecule has 0 heterocycles. The van der Waals surface area contributed by atoms with Gasteiger partial charge in [0, 0.05) is 0 Å². The molecule has 0 aromatic rings. The maximum Gasteiger partial charge on any atom is -0.0353 e. The van der Waals surface area contributed by atoms with Crippen LogP contribution in [-0.4, -0.2) is 6.16 Å². The molecule has 112 valence electrons. The van der Waals surface area contributed by atoms with E-state index in [2.05, 4.69) is 23.1 Å². The Morgan fingerprint density at radius 3 is 1.89 bits per heavy atom. The van der Waals surface area contributed by atoms with Crippen LogP contribution in [0.3, 0.4) is 0 Å². The van der Waals surface area contributed by atoms with Crippen molar-refractivity contribution in [1.29, 1.82) is 0 Å². The van der Waals surface area contributed by atoms with Crippen molar-refractivity contribution in [2.24, 2.45) is 29.6 Å². The summed E-state index contributed by atoms with van der Waals surface area (Å²) in [5, 5.41) is 0. The van der Waals surface area contributed by atoms with E-state index in [4.69, 9.17) is 0 Å². The molecule has 0 aliphatic heterocycles. The van der Waals surface area contributed by atoms with Gasteiger partial charge in [-0.15, -0.1) is 9.24 Å². The molecule has 2 rings (SSSR count). The molecular formula is C18H35P. The Hall–Kier alpha value is 0.430. The van der Waals surface area contributed by atoms with Gasteiger partial charge in [-0.25, -0.2) is 0 Å². The molecule has 0 spiro atoms. The predicted molar refractivity (Wildman–Crippen MR) is 89.5 cm³/mol. The smallest absolute Gasteiger partial charge is 0.0353 e. The molecule has 0 aromatic carbocycles. The van der Waals surface area contributed by atoms with Crippen LogP contribution in [0.2, 0.25) is 0 Å². The highest BCUT2D eigenvalue weighted by atomic mass is 31.0. The molecule has 2 aliphatic carbocycles. The summed E-state index contributed by atoms with van der Waals surface area (Å²) in [4.78, 5) is 0. The summed E-state index contributed by atoms with van der Waals surface area (Å²) >= 11 is 0. The van der Waals surface area contributed by atoms with E-state index >= 15 is 0 Å². The summed E-state index contributed by atoms with van der Waals surface area (Å²) in [5.41, 5.74) is 0. The summed E-state index contributed by atoms with van der Waals surface area (Å²) in [6.07, 6.45) is 16.5. The summed E-state index contributed by atoms with van der Waals surface area (Å²) in [6, 6.07) is 0. The minimum Gasteiger partial charge on any atom is -0.137 e. The molecule has 2 saturated carbocycles. The quantitative estimate of drug-likeness (QED) is 0.550. The van der Waals surface area contributed by atoms with E-state index in [9.17, 15) is 0 Å². The Morgan fingerprint density at radius 2 is 1.42 bits per heavy atom. The van der Waals surface area contributed by atoms with E-state index in [0.29, 0.717) is 0 Å². The lowest BCUT2D eigenvalue weighted by Crippen LogP contribution is -2.26. The van der Waals surface area contributed by atoms with Crippen LogP contribution in [-0.2, 0) is 0 Å². The fourth-order valence-corrected chi connectivity index (χ4v) is 5.08. The minimum atomic E-state index is 0.974. The highest BCUT2D eigenvalue weighted by molar-refractivity contribution is 7.16. The second kappa shape index (κ2) is 8.02. The number of hydrogen-bond acceptors (Lipinski definition) is 0. The summed E-state index contributed by atoms with van der Waals surface area (Å²) in [7, 11) is 2.96. The van der Waals surface area contributed by atoms with Crippen molar-refractivity contribution < 1.29 is 0 Å². The maximum absolute atomic E-state index is 2.96. The molecular weight excluding hydrogens is 247 g/mol. The number of hydrogen-bond donors (Lipinski definition) is 0. The first kappa shape index (κ1) is 15.8. The molecule has 0 nitrogen and oxygen atoms in total. The second-order valence-corrected chi connectivity index (χ2v) is 8.02. The second-order valence-electron chi connectivity index (χ2n) is 7.55. The van der Waals surface area contributed by atoms with E-state index in [1.165, 1.54) is 44.7 Å². The standard InChI is InChI=1S/C18H35P/c1-3-15(13-19)12-16-6-10-18(11-7-16)17-8-4-14(2)5-9-17/h14-18H,3-13,19H2,1-2H3. The SMILES string of the molecule is CCC(CP)CC1CCC(C2CCC(C)CC2)CC1. The van der Waals surface area contributed by atoms with E-state index in [1.807, 2.05) is 0 Å². The zero-order valence-electron chi connectivity index (χ0n) is 13.2. The summed E-state index contributed by atoms with van der Waals surface area (Å²) in [5.74, 6) is 5.24. The first-order valence-electron chi connectivity index (χ1n) is 8.93. The molecule has 0 radical (unpaired) electrons. The molecule has 2 fully saturated rings. The highest BCUT2D eigenvalue weighted by Gasteiger charge is 2.30. The van der Waals surface area contributed by atoms with Crippen molar-refractivity contribution in [2.75, 3.05) is 6.16 Å². The Morgan fingerprint density at radius 1 is 0.895 bits per heavy atom. The van der Waals surface area contributed by atoms with Gasteiger partial charge in [0.15, 0.2) is 0 Å². The van der Waals surface area contributed by atoms with E-state index in [0.717, 1.165) is 29.6 Å². The largest absolute Gasteiger partial charge is 0.137 e. The van der Waals surface area contributed by atoms with Crippen LogP contribution >= 0.6 is 9.24 Å². The predicted octanol–water partition coefficient (Wildman–Crippen LogP) is 5.91. The first-order valence-corrected chi connectivity index (χ1v) is 9.74. The lowest BCUT2D eigenvalue weighted by molar-refractivity contribution is 0.142. The van der Waals surface area contributed by atoms with Gasteiger partial charge in [0.1, 0.15) is 0 Å². The third kappa shape index (κ3) is 4.73. The van der Waals surface area contributed by atoms with Crippen molar-refractivity contribution in [1.82, 2.24) is 0 Å². The molecule has 0 N–H and O–H groups in total. The van der Waals surface area contributed by atoms with Crippen LogP contribution in [0.25, 0.3) is 0 Å². The Bertz CT molecular complexity index is 230. The van der Waals surface area contributed by atoms with Crippen molar-refractivity contribution in [2.45, 2.75) is 78.1 Å². The van der Waals surface area contributed by atoms with E-state index < -0.39 is 0 Å². The molecule has 19 heavy (non-hydrogen) atoms. The fraction of sp³-hybridized carbons (Fsp3) is 1.00. The average Bonchev–Trinajstić information content (AvgIpc) is 2.46. The highest BCUT2D eigenvalue weighted by Crippen LogP contribution is 2.42. The lowest BCUT2D eigenvalue weighted by atomic mass is 9.68. The van der Waals surface area contributed by atoms with Crippen LogP contribution < -0.4 is 0 Å². The van der Waals surface area contributed by atoms with Gasteiger partial charge in [0.05, 0.1) is 0 Å². The average molecular weight is 282 g/mol. The van der Waals surface area contributed by atoms with Crippen molar-refractivity contribution in [3.05, 3.63) is 0 Å². The van der Waals surface area contributed by atoms with Gasteiger partial charge in [-0.2, -0.15) is 0 Å². The zero-order valence-corrected chi connectivity index (χ0v) is 14.4. The molecule has 2 atom stereocenters. The van der Waals surface area contributed by atoms with Crippen LogP contribution in [0.5, 0.6) is 0 Å². The Balaban J connectivity index is 1.70. The molecule has 2 unspecified atom stereocenters. The van der Waals surface area contributed by atoms with Crippen molar-refractivity contribution in [3.63, 3.8) is 0 Å². The third-order valence-corrected chi connectivity index (χ3v) is 6.86. The van der Waals surface area contributed by atoms with Gasteiger partial charge < -0.3 is 0 Å². The van der Waals surface area contributed by atoms with Crippen LogP contribution in [0.1, 0.15) is 78.1 Å². The molecule has 1 heteroatoms. The molecule has 0 amide bonds. The van der Waals surface area contributed by atoms with Gasteiger partial charge >= 0.3 is 0 Å². The van der Waals surface area contributed by atoms with Crippen LogP contribution in [0.15, 0.2) is 0 Å². The third-order valence-electron chi connectivity index (χ3n) is 6.20. The Kier molecular flexibility index (Phi) is 6.67. The molecule has 0 bridgehead atoms. The van der Waals surface area contributed by atoms with Crippen molar-refractivity contribution >= 4 is 9.24 Å². The van der Waals surface area contributed by atoms with Crippen LogP contribution in [0.4, 0.5) is 0 Å². The normalized spacial score (nSPS) is 38.1. The maximum atomic E-state index is 2.96. The number of rotatable bonds is 5. The minimum absolute atomic E-state index is 0.974.